The van der Waals surface area contributed by atoms with E-state index in [-0.39, 0.29) is 0 Å². The summed E-state index contributed by atoms with van der Waals surface area (Å²) in [6.45, 7) is 7.48. The molecule has 0 aliphatic heterocycles. The van der Waals surface area contributed by atoms with Crippen molar-refractivity contribution >= 4 is 10.9 Å². The van der Waals surface area contributed by atoms with Gasteiger partial charge in [-0.05, 0) is 50.1 Å². The van der Waals surface area contributed by atoms with Gasteiger partial charge in [0.05, 0.1) is 12.1 Å². The molecule has 0 aliphatic carbocycles. The molecule has 3 aromatic rings. The number of benzene rings is 2. The summed E-state index contributed by atoms with van der Waals surface area (Å²) in [6.07, 6.45) is 0. The number of para-hydroxylation sites is 1. The Morgan fingerprint density at radius 3 is 2.57 bits per heavy atom. The van der Waals surface area contributed by atoms with Crippen LogP contribution in [0.2, 0.25) is 0 Å². The molecule has 3 heteroatoms. The van der Waals surface area contributed by atoms with Crippen molar-refractivity contribution in [2.75, 3.05) is 6.61 Å². The Balaban J connectivity index is 1.81. The zero-order valence-electron chi connectivity index (χ0n) is 13.8. The number of nitrogens with zero attached hydrogens (tertiary/aromatic N) is 2. The Morgan fingerprint density at radius 1 is 1.04 bits per heavy atom. The Labute approximate surface area is 136 Å². The largest absolute Gasteiger partial charge is 0.492 e. The molecule has 23 heavy (non-hydrogen) atoms. The van der Waals surface area contributed by atoms with Crippen molar-refractivity contribution < 1.29 is 4.74 Å². The molecule has 2 aromatic carbocycles. The third-order valence-corrected chi connectivity index (χ3v) is 4.40. The molecule has 116 valence electrons. The van der Waals surface area contributed by atoms with Crippen molar-refractivity contribution in [3.63, 3.8) is 0 Å². The number of aromatic nitrogens is 1. The molecular formula is C20H20N2O. The first-order valence-electron chi connectivity index (χ1n) is 7.80. The summed E-state index contributed by atoms with van der Waals surface area (Å²) in [6, 6.07) is 16.5. The van der Waals surface area contributed by atoms with Gasteiger partial charge in [0.25, 0.3) is 0 Å². The van der Waals surface area contributed by atoms with Gasteiger partial charge in [-0.15, -0.1) is 0 Å². The summed E-state index contributed by atoms with van der Waals surface area (Å²) in [5.74, 6) is 0.891. The molecule has 3 nitrogen and oxygen atoms in total. The lowest BCUT2D eigenvalue weighted by atomic mass is 10.1. The lowest BCUT2D eigenvalue weighted by molar-refractivity contribution is 0.299. The lowest BCUT2D eigenvalue weighted by Crippen LogP contribution is -2.09. The molecule has 3 rings (SSSR count). The third-order valence-electron chi connectivity index (χ3n) is 4.40. The van der Waals surface area contributed by atoms with Crippen LogP contribution in [-0.2, 0) is 6.54 Å². The summed E-state index contributed by atoms with van der Waals surface area (Å²) in [4.78, 5) is 0. The monoisotopic (exact) mass is 304 g/mol. The predicted molar refractivity (Wildman–Crippen MR) is 92.8 cm³/mol. The fourth-order valence-electron chi connectivity index (χ4n) is 2.92. The van der Waals surface area contributed by atoms with Gasteiger partial charge in [-0.1, -0.05) is 24.3 Å². The van der Waals surface area contributed by atoms with Gasteiger partial charge >= 0.3 is 0 Å². The topological polar surface area (TPSA) is 38.0 Å². The highest BCUT2D eigenvalue weighted by Crippen LogP contribution is 2.25. The highest BCUT2D eigenvalue weighted by molar-refractivity contribution is 5.88. The normalized spacial score (nSPS) is 10.7. The number of aryl methyl sites for hydroxylation is 2. The maximum absolute atomic E-state index is 9.40. The van der Waals surface area contributed by atoms with Crippen molar-refractivity contribution in [3.05, 3.63) is 64.8 Å². The fourth-order valence-corrected chi connectivity index (χ4v) is 2.92. The smallest absolute Gasteiger partial charge is 0.119 e. The van der Waals surface area contributed by atoms with E-state index < -0.39 is 0 Å². The lowest BCUT2D eigenvalue weighted by Gasteiger charge is -2.11. The second kappa shape index (κ2) is 6.18. The summed E-state index contributed by atoms with van der Waals surface area (Å²) >= 11 is 0. The molecule has 0 radical (unpaired) electrons. The summed E-state index contributed by atoms with van der Waals surface area (Å²) in [7, 11) is 0. The summed E-state index contributed by atoms with van der Waals surface area (Å²) in [5, 5.41) is 10.4. The molecule has 0 N–H and O–H groups in total. The van der Waals surface area contributed by atoms with Gasteiger partial charge in [0, 0.05) is 16.6 Å². The molecule has 0 bridgehead atoms. The van der Waals surface area contributed by atoms with E-state index in [2.05, 4.69) is 42.7 Å². The number of ether oxygens (including phenoxy) is 1. The van der Waals surface area contributed by atoms with Gasteiger partial charge in [0.15, 0.2) is 0 Å². The van der Waals surface area contributed by atoms with Crippen molar-refractivity contribution in [2.45, 2.75) is 27.3 Å². The summed E-state index contributed by atoms with van der Waals surface area (Å²) < 4.78 is 8.05. The Morgan fingerprint density at radius 2 is 1.83 bits per heavy atom. The van der Waals surface area contributed by atoms with Crippen LogP contribution in [0.25, 0.3) is 10.9 Å². The van der Waals surface area contributed by atoms with E-state index in [0.29, 0.717) is 6.61 Å². The van der Waals surface area contributed by atoms with Crippen molar-refractivity contribution in [1.29, 1.82) is 5.26 Å². The average Bonchev–Trinajstić information content (AvgIpc) is 2.82. The van der Waals surface area contributed by atoms with Gasteiger partial charge in [-0.2, -0.15) is 5.26 Å². The second-order valence-electron chi connectivity index (χ2n) is 5.84. The van der Waals surface area contributed by atoms with Crippen molar-refractivity contribution in [2.24, 2.45) is 0 Å². The summed E-state index contributed by atoms with van der Waals surface area (Å²) in [5.41, 5.74) is 5.34. The number of rotatable bonds is 4. The predicted octanol–water partition coefficient (Wildman–Crippen LogP) is 4.52. The molecule has 0 saturated carbocycles. The number of nitriles is 1. The number of fused-ring (bicyclic) bond motifs is 1. The molecule has 0 amide bonds. The fraction of sp³-hybridized carbons (Fsp3) is 0.250. The molecule has 0 saturated heterocycles. The van der Waals surface area contributed by atoms with Crippen LogP contribution in [0.3, 0.4) is 0 Å². The first-order valence-corrected chi connectivity index (χ1v) is 7.80. The van der Waals surface area contributed by atoms with Crippen LogP contribution in [0.4, 0.5) is 0 Å². The van der Waals surface area contributed by atoms with Crippen LogP contribution in [-0.4, -0.2) is 11.2 Å². The maximum atomic E-state index is 9.40. The van der Waals surface area contributed by atoms with Gasteiger partial charge in [0.1, 0.15) is 18.4 Å². The van der Waals surface area contributed by atoms with E-state index in [0.717, 1.165) is 34.5 Å². The van der Waals surface area contributed by atoms with Gasteiger partial charge in [0.2, 0.25) is 0 Å². The highest BCUT2D eigenvalue weighted by Gasteiger charge is 2.13. The first kappa shape index (κ1) is 15.2. The van der Waals surface area contributed by atoms with Gasteiger partial charge in [-0.3, -0.25) is 0 Å². The zero-order valence-corrected chi connectivity index (χ0v) is 13.8. The molecule has 0 unspecified atom stereocenters. The van der Waals surface area contributed by atoms with Gasteiger partial charge in [-0.25, -0.2) is 0 Å². The highest BCUT2D eigenvalue weighted by atomic mass is 16.5. The van der Waals surface area contributed by atoms with Crippen LogP contribution >= 0.6 is 0 Å². The van der Waals surface area contributed by atoms with Crippen molar-refractivity contribution in [1.82, 2.24) is 4.57 Å². The van der Waals surface area contributed by atoms with E-state index in [1.165, 1.54) is 11.1 Å². The Hall–Kier alpha value is -2.73. The zero-order chi connectivity index (χ0) is 16.4. The van der Waals surface area contributed by atoms with E-state index in [1.807, 2.05) is 31.2 Å². The quantitative estimate of drug-likeness (QED) is 0.711. The van der Waals surface area contributed by atoms with Gasteiger partial charge < -0.3 is 9.30 Å². The van der Waals surface area contributed by atoms with Crippen LogP contribution < -0.4 is 4.74 Å². The van der Waals surface area contributed by atoms with Crippen LogP contribution in [0, 0.1) is 32.1 Å². The standard InChI is InChI=1S/C20H20N2O/c1-14-8-9-17(12-15(14)2)23-11-10-22-16(3)19(13-21)18-6-4-5-7-20(18)22/h4-9,12H,10-11H2,1-3H3. The third kappa shape index (κ3) is 2.80. The second-order valence-corrected chi connectivity index (χ2v) is 5.84. The SMILES string of the molecule is Cc1ccc(OCCn2c(C)c(C#N)c3ccccc32)cc1C. The van der Waals surface area contributed by atoms with Crippen LogP contribution in [0.15, 0.2) is 42.5 Å². The number of hydrogen-bond donors (Lipinski definition) is 0. The van der Waals surface area contributed by atoms with Crippen molar-refractivity contribution in [3.8, 4) is 11.8 Å². The molecular weight excluding hydrogens is 284 g/mol. The molecule has 1 aromatic heterocycles. The molecule has 1 heterocycles. The first-order chi connectivity index (χ1) is 11.1. The molecule has 0 aliphatic rings. The van der Waals surface area contributed by atoms with Crippen LogP contribution in [0.5, 0.6) is 5.75 Å². The average molecular weight is 304 g/mol. The minimum atomic E-state index is 0.576. The minimum Gasteiger partial charge on any atom is -0.492 e. The number of hydrogen-bond acceptors (Lipinski definition) is 2. The van der Waals surface area contributed by atoms with E-state index in [9.17, 15) is 5.26 Å². The minimum absolute atomic E-state index is 0.576. The molecule has 0 spiro atoms. The molecule has 0 fully saturated rings. The van der Waals surface area contributed by atoms with E-state index in [1.54, 1.807) is 0 Å². The van der Waals surface area contributed by atoms with E-state index >= 15 is 0 Å². The Kier molecular flexibility index (Phi) is 4.08. The Bertz CT molecular complexity index is 900. The van der Waals surface area contributed by atoms with E-state index in [4.69, 9.17) is 4.74 Å². The molecule has 0 atom stereocenters. The maximum Gasteiger partial charge on any atom is 0.119 e. The van der Waals surface area contributed by atoms with Crippen LogP contribution in [0.1, 0.15) is 22.4 Å².